The number of halogens is 1. The Morgan fingerprint density at radius 3 is 2.60 bits per heavy atom. The van der Waals surface area contributed by atoms with Crippen LogP contribution in [0.3, 0.4) is 0 Å². The van der Waals surface area contributed by atoms with E-state index >= 15 is 0 Å². The van der Waals surface area contributed by atoms with Gasteiger partial charge in [0.15, 0.2) is 0 Å². The molecule has 2 rings (SSSR count). The predicted octanol–water partition coefficient (Wildman–Crippen LogP) is 4.09. The average Bonchev–Trinajstić information content (AvgIpc) is 2.88. The van der Waals surface area contributed by atoms with E-state index in [2.05, 4.69) is 22.9 Å². The zero-order chi connectivity index (χ0) is 14.6. The molecule has 1 saturated carbocycles. The van der Waals surface area contributed by atoms with Crippen molar-refractivity contribution in [2.45, 2.75) is 38.7 Å². The predicted molar refractivity (Wildman–Crippen MR) is 83.0 cm³/mol. The first-order valence-corrected chi connectivity index (χ1v) is 7.95. The van der Waals surface area contributed by atoms with Crippen molar-refractivity contribution in [2.24, 2.45) is 5.41 Å². The van der Waals surface area contributed by atoms with E-state index in [0.717, 1.165) is 28.6 Å². The summed E-state index contributed by atoms with van der Waals surface area (Å²) in [5, 5.41) is 10.6. The molecule has 1 aromatic carbocycles. The van der Waals surface area contributed by atoms with E-state index in [0.29, 0.717) is 13.2 Å². The molecule has 3 nitrogen and oxygen atoms in total. The summed E-state index contributed by atoms with van der Waals surface area (Å²) in [6.07, 6.45) is 4.21. The molecule has 1 N–H and O–H groups in total. The minimum Gasteiger partial charge on any atom is -0.490 e. The molecule has 1 fully saturated rings. The number of aliphatic hydroxyl groups excluding tert-OH is 1. The second-order valence-corrected chi connectivity index (χ2v) is 6.65. The Bertz CT molecular complexity index is 441. The number of hydrogen-bond acceptors (Lipinski definition) is 3. The lowest BCUT2D eigenvalue weighted by Crippen LogP contribution is -2.22. The average molecular weight is 343 g/mol. The van der Waals surface area contributed by atoms with Gasteiger partial charge in [0, 0.05) is 7.11 Å². The van der Waals surface area contributed by atoms with Crippen LogP contribution in [0.4, 0.5) is 0 Å². The highest BCUT2D eigenvalue weighted by molar-refractivity contribution is 9.10. The molecule has 0 amide bonds. The minimum absolute atomic E-state index is 0.0118. The van der Waals surface area contributed by atoms with E-state index in [4.69, 9.17) is 9.47 Å². The van der Waals surface area contributed by atoms with Gasteiger partial charge in [-0.15, -0.1) is 0 Å². The quantitative estimate of drug-likeness (QED) is 0.791. The molecular weight excluding hydrogens is 320 g/mol. The van der Waals surface area contributed by atoms with Crippen molar-refractivity contribution in [3.63, 3.8) is 0 Å². The van der Waals surface area contributed by atoms with Gasteiger partial charge in [-0.05, 0) is 51.9 Å². The third-order valence-electron chi connectivity index (χ3n) is 4.22. The molecule has 112 valence electrons. The number of hydrogen-bond donors (Lipinski definition) is 1. The molecule has 1 aliphatic rings. The van der Waals surface area contributed by atoms with Crippen LogP contribution in [-0.4, -0.2) is 25.4 Å². The van der Waals surface area contributed by atoms with Gasteiger partial charge in [-0.1, -0.05) is 25.8 Å². The zero-order valence-corrected chi connectivity index (χ0v) is 13.8. The summed E-state index contributed by atoms with van der Waals surface area (Å²) in [6.45, 7) is 3.27. The Hall–Kier alpha value is -0.580. The lowest BCUT2D eigenvalue weighted by atomic mass is 9.79. The van der Waals surface area contributed by atoms with Gasteiger partial charge in [-0.2, -0.15) is 0 Å². The molecule has 0 saturated heterocycles. The maximum absolute atomic E-state index is 10.6. The Balaban J connectivity index is 2.08. The second-order valence-electron chi connectivity index (χ2n) is 5.79. The van der Waals surface area contributed by atoms with Crippen LogP contribution >= 0.6 is 15.9 Å². The highest BCUT2D eigenvalue weighted by Crippen LogP contribution is 2.47. The number of rotatable bonds is 6. The van der Waals surface area contributed by atoms with Crippen molar-refractivity contribution in [1.82, 2.24) is 0 Å². The topological polar surface area (TPSA) is 38.7 Å². The van der Waals surface area contributed by atoms with Crippen LogP contribution in [0.15, 0.2) is 22.7 Å². The van der Waals surface area contributed by atoms with Crippen molar-refractivity contribution in [2.75, 3.05) is 20.3 Å². The molecule has 4 heteroatoms. The van der Waals surface area contributed by atoms with Crippen LogP contribution in [0, 0.1) is 5.41 Å². The Labute approximate surface area is 129 Å². The lowest BCUT2D eigenvalue weighted by Gasteiger charge is -2.30. The third kappa shape index (κ3) is 3.54. The summed E-state index contributed by atoms with van der Waals surface area (Å²) in [4.78, 5) is 0. The first kappa shape index (κ1) is 15.8. The summed E-state index contributed by atoms with van der Waals surface area (Å²) in [7, 11) is 1.65. The second kappa shape index (κ2) is 6.92. The Morgan fingerprint density at radius 2 is 2.00 bits per heavy atom. The van der Waals surface area contributed by atoms with E-state index in [1.54, 1.807) is 7.11 Å². The van der Waals surface area contributed by atoms with Crippen molar-refractivity contribution in [1.29, 1.82) is 0 Å². The molecule has 0 spiro atoms. The van der Waals surface area contributed by atoms with E-state index in [1.165, 1.54) is 12.8 Å². The highest BCUT2D eigenvalue weighted by atomic mass is 79.9. The van der Waals surface area contributed by atoms with Crippen molar-refractivity contribution >= 4 is 15.9 Å². The fourth-order valence-corrected chi connectivity index (χ4v) is 3.41. The molecule has 1 aromatic rings. The van der Waals surface area contributed by atoms with Gasteiger partial charge in [-0.25, -0.2) is 0 Å². The van der Waals surface area contributed by atoms with Crippen LogP contribution in [0.1, 0.15) is 44.3 Å². The van der Waals surface area contributed by atoms with Gasteiger partial charge >= 0.3 is 0 Å². The standard InChI is InChI=1S/C16H23BrO3/c1-16(7-3-4-8-16)15(18)12-5-6-14(13(17)11-12)20-10-9-19-2/h5-6,11,15,18H,3-4,7-10H2,1-2H3. The number of aliphatic hydroxyl groups is 1. The summed E-state index contributed by atoms with van der Waals surface area (Å²) in [6, 6.07) is 5.84. The van der Waals surface area contributed by atoms with E-state index in [9.17, 15) is 5.11 Å². The molecule has 0 bridgehead atoms. The fourth-order valence-electron chi connectivity index (χ4n) is 2.90. The maximum atomic E-state index is 10.6. The Morgan fingerprint density at radius 1 is 1.30 bits per heavy atom. The van der Waals surface area contributed by atoms with Crippen LogP contribution < -0.4 is 4.74 Å². The number of benzene rings is 1. The SMILES string of the molecule is COCCOc1ccc(C(O)C2(C)CCCC2)cc1Br. The summed E-state index contributed by atoms with van der Waals surface area (Å²) in [5.41, 5.74) is 0.970. The van der Waals surface area contributed by atoms with Gasteiger partial charge in [0.05, 0.1) is 17.2 Å². The largest absolute Gasteiger partial charge is 0.490 e. The van der Waals surface area contributed by atoms with Crippen LogP contribution in [0.2, 0.25) is 0 Å². The summed E-state index contributed by atoms with van der Waals surface area (Å²) < 4.78 is 11.5. The molecule has 0 heterocycles. The highest BCUT2D eigenvalue weighted by Gasteiger charge is 2.36. The van der Waals surface area contributed by atoms with Gasteiger partial charge in [0.25, 0.3) is 0 Å². The fraction of sp³-hybridized carbons (Fsp3) is 0.625. The van der Waals surface area contributed by atoms with Crippen molar-refractivity contribution < 1.29 is 14.6 Å². The van der Waals surface area contributed by atoms with E-state index < -0.39 is 6.10 Å². The monoisotopic (exact) mass is 342 g/mol. The summed E-state index contributed by atoms with van der Waals surface area (Å²) >= 11 is 3.52. The number of methoxy groups -OCH3 is 1. The first-order valence-electron chi connectivity index (χ1n) is 7.16. The first-order chi connectivity index (χ1) is 9.57. The molecule has 0 aromatic heterocycles. The zero-order valence-electron chi connectivity index (χ0n) is 12.2. The van der Waals surface area contributed by atoms with Gasteiger partial charge in [0.2, 0.25) is 0 Å². The van der Waals surface area contributed by atoms with Crippen LogP contribution in [0.25, 0.3) is 0 Å². The van der Waals surface area contributed by atoms with Crippen molar-refractivity contribution in [3.8, 4) is 5.75 Å². The molecule has 1 aliphatic carbocycles. The van der Waals surface area contributed by atoms with Crippen molar-refractivity contribution in [3.05, 3.63) is 28.2 Å². The molecular formula is C16H23BrO3. The maximum Gasteiger partial charge on any atom is 0.133 e. The van der Waals surface area contributed by atoms with Gasteiger partial charge in [0.1, 0.15) is 12.4 Å². The van der Waals surface area contributed by atoms with Gasteiger partial charge in [-0.3, -0.25) is 0 Å². The summed E-state index contributed by atoms with van der Waals surface area (Å²) in [5.74, 6) is 0.787. The van der Waals surface area contributed by atoms with Crippen LogP contribution in [0.5, 0.6) is 5.75 Å². The molecule has 1 unspecified atom stereocenters. The molecule has 20 heavy (non-hydrogen) atoms. The molecule has 1 atom stereocenters. The minimum atomic E-state index is -0.408. The Kier molecular flexibility index (Phi) is 5.47. The van der Waals surface area contributed by atoms with E-state index in [-0.39, 0.29) is 5.41 Å². The van der Waals surface area contributed by atoms with Gasteiger partial charge < -0.3 is 14.6 Å². The molecule has 0 radical (unpaired) electrons. The van der Waals surface area contributed by atoms with Crippen LogP contribution in [-0.2, 0) is 4.74 Å². The number of ether oxygens (including phenoxy) is 2. The third-order valence-corrected chi connectivity index (χ3v) is 4.84. The lowest BCUT2D eigenvalue weighted by molar-refractivity contribution is 0.0407. The van der Waals surface area contributed by atoms with E-state index in [1.807, 2.05) is 18.2 Å². The molecule has 0 aliphatic heterocycles. The normalized spacial score (nSPS) is 19.0. The smallest absolute Gasteiger partial charge is 0.133 e.